The zero-order valence-electron chi connectivity index (χ0n) is 10.5. The van der Waals surface area contributed by atoms with Crippen molar-refractivity contribution in [1.82, 2.24) is 10.3 Å². The van der Waals surface area contributed by atoms with Crippen molar-refractivity contribution in [3.8, 4) is 0 Å². The Morgan fingerprint density at radius 1 is 1.39 bits per heavy atom. The van der Waals surface area contributed by atoms with Crippen molar-refractivity contribution < 1.29 is 9.90 Å². The molecule has 0 atom stereocenters. The van der Waals surface area contributed by atoms with E-state index in [4.69, 9.17) is 5.11 Å². The minimum Gasteiger partial charge on any atom is -0.480 e. The van der Waals surface area contributed by atoms with E-state index in [1.807, 2.05) is 30.3 Å². The van der Waals surface area contributed by atoms with E-state index in [0.29, 0.717) is 6.54 Å². The Morgan fingerprint density at radius 2 is 2.11 bits per heavy atom. The average Bonchev–Trinajstić information content (AvgIpc) is 2.36. The van der Waals surface area contributed by atoms with Crippen molar-refractivity contribution in [2.75, 3.05) is 0 Å². The van der Waals surface area contributed by atoms with Crippen LogP contribution in [0.1, 0.15) is 19.4 Å². The predicted molar refractivity (Wildman–Crippen MR) is 70.3 cm³/mol. The normalized spacial score (nSPS) is 11.7. The summed E-state index contributed by atoms with van der Waals surface area (Å²) in [7, 11) is 0. The molecule has 2 rings (SSSR count). The quantitative estimate of drug-likeness (QED) is 0.865. The molecule has 1 aromatic heterocycles. The van der Waals surface area contributed by atoms with E-state index >= 15 is 0 Å². The lowest BCUT2D eigenvalue weighted by molar-refractivity contribution is -0.143. The molecule has 0 aliphatic carbocycles. The number of nitrogens with zero attached hydrogens (tertiary/aromatic N) is 1. The van der Waals surface area contributed by atoms with Gasteiger partial charge in [-0.3, -0.25) is 15.1 Å². The Hall–Kier alpha value is -1.94. The van der Waals surface area contributed by atoms with Crippen LogP contribution in [0.4, 0.5) is 0 Å². The predicted octanol–water partition coefficient (Wildman–Crippen LogP) is 2.19. The number of aliphatic carboxylic acids is 1. The first-order chi connectivity index (χ1) is 8.49. The number of hydrogen-bond donors (Lipinski definition) is 2. The van der Waals surface area contributed by atoms with Crippen molar-refractivity contribution >= 4 is 16.9 Å². The van der Waals surface area contributed by atoms with Gasteiger partial charge in [0, 0.05) is 18.1 Å². The topological polar surface area (TPSA) is 62.2 Å². The molecule has 0 radical (unpaired) electrons. The van der Waals surface area contributed by atoms with Gasteiger partial charge in [0.1, 0.15) is 5.54 Å². The molecule has 18 heavy (non-hydrogen) atoms. The molecule has 0 saturated heterocycles. The van der Waals surface area contributed by atoms with Crippen molar-refractivity contribution in [3.05, 3.63) is 42.1 Å². The Labute approximate surface area is 106 Å². The summed E-state index contributed by atoms with van der Waals surface area (Å²) >= 11 is 0. The SMILES string of the molecule is CC(C)(NCc1cnc2ccccc2c1)C(=O)O. The van der Waals surface area contributed by atoms with Crippen LogP contribution < -0.4 is 5.32 Å². The maximum Gasteiger partial charge on any atom is 0.323 e. The lowest BCUT2D eigenvalue weighted by atomic mass is 10.1. The molecule has 4 heteroatoms. The van der Waals surface area contributed by atoms with Gasteiger partial charge >= 0.3 is 5.97 Å². The van der Waals surface area contributed by atoms with Crippen molar-refractivity contribution in [2.45, 2.75) is 25.9 Å². The largest absolute Gasteiger partial charge is 0.480 e. The molecular formula is C14H16N2O2. The molecule has 0 aliphatic heterocycles. The third-order valence-corrected chi connectivity index (χ3v) is 2.92. The molecule has 94 valence electrons. The van der Waals surface area contributed by atoms with Crippen LogP contribution in [-0.4, -0.2) is 21.6 Å². The van der Waals surface area contributed by atoms with Gasteiger partial charge in [0.15, 0.2) is 0 Å². The first kappa shape index (κ1) is 12.5. The summed E-state index contributed by atoms with van der Waals surface area (Å²) in [5, 5.41) is 13.1. The van der Waals surface area contributed by atoms with Gasteiger partial charge in [0.25, 0.3) is 0 Å². The zero-order chi connectivity index (χ0) is 13.2. The van der Waals surface area contributed by atoms with Crippen LogP contribution in [0.5, 0.6) is 0 Å². The standard InChI is InChI=1S/C14H16N2O2/c1-14(2,13(17)18)16-9-10-7-11-5-3-4-6-12(11)15-8-10/h3-8,16H,9H2,1-2H3,(H,17,18). The highest BCUT2D eigenvalue weighted by molar-refractivity contribution is 5.79. The van der Waals surface area contributed by atoms with Crippen molar-refractivity contribution in [2.24, 2.45) is 0 Å². The number of aromatic nitrogens is 1. The molecule has 2 aromatic rings. The third-order valence-electron chi connectivity index (χ3n) is 2.92. The van der Waals surface area contributed by atoms with Gasteiger partial charge in [-0.25, -0.2) is 0 Å². The lowest BCUT2D eigenvalue weighted by Gasteiger charge is -2.20. The Morgan fingerprint density at radius 3 is 2.83 bits per heavy atom. The molecule has 0 saturated carbocycles. The van der Waals surface area contributed by atoms with Crippen LogP contribution >= 0.6 is 0 Å². The number of carbonyl (C=O) groups is 1. The van der Waals surface area contributed by atoms with E-state index < -0.39 is 11.5 Å². The number of carboxylic acids is 1. The molecule has 0 fully saturated rings. The molecule has 1 aromatic carbocycles. The Balaban J connectivity index is 2.15. The summed E-state index contributed by atoms with van der Waals surface area (Å²) in [6.07, 6.45) is 1.77. The number of nitrogens with one attached hydrogen (secondary N) is 1. The summed E-state index contributed by atoms with van der Waals surface area (Å²) in [6, 6.07) is 9.87. The van der Waals surface area contributed by atoms with Gasteiger partial charge < -0.3 is 5.11 Å². The van der Waals surface area contributed by atoms with Crippen LogP contribution in [0, 0.1) is 0 Å². The summed E-state index contributed by atoms with van der Waals surface area (Å²) in [5.74, 6) is -0.865. The molecule has 4 nitrogen and oxygen atoms in total. The minimum absolute atomic E-state index is 0.483. The van der Waals surface area contributed by atoms with Gasteiger partial charge in [0.2, 0.25) is 0 Å². The number of hydrogen-bond acceptors (Lipinski definition) is 3. The second-order valence-corrected chi connectivity index (χ2v) is 4.82. The smallest absolute Gasteiger partial charge is 0.323 e. The molecule has 0 amide bonds. The molecule has 0 aliphatic rings. The van der Waals surface area contributed by atoms with E-state index in [0.717, 1.165) is 16.5 Å². The fourth-order valence-electron chi connectivity index (χ4n) is 1.61. The van der Waals surface area contributed by atoms with Crippen LogP contribution in [0.3, 0.4) is 0 Å². The summed E-state index contributed by atoms with van der Waals surface area (Å²) in [5.41, 5.74) is 0.979. The molecule has 0 bridgehead atoms. The molecule has 0 spiro atoms. The van der Waals surface area contributed by atoms with E-state index in [9.17, 15) is 4.79 Å². The van der Waals surface area contributed by atoms with Crippen molar-refractivity contribution in [1.29, 1.82) is 0 Å². The van der Waals surface area contributed by atoms with E-state index in [1.165, 1.54) is 0 Å². The second kappa shape index (κ2) is 4.74. The number of carboxylic acid groups (broad SMARTS) is 1. The van der Waals surface area contributed by atoms with E-state index in [-0.39, 0.29) is 0 Å². The molecule has 0 unspecified atom stereocenters. The van der Waals surface area contributed by atoms with E-state index in [2.05, 4.69) is 10.3 Å². The average molecular weight is 244 g/mol. The maximum atomic E-state index is 11.0. The first-order valence-electron chi connectivity index (χ1n) is 5.81. The highest BCUT2D eigenvalue weighted by Crippen LogP contribution is 2.13. The summed E-state index contributed by atoms with van der Waals surface area (Å²) < 4.78 is 0. The van der Waals surface area contributed by atoms with Crippen LogP contribution in [0.2, 0.25) is 0 Å². The highest BCUT2D eigenvalue weighted by Gasteiger charge is 2.25. The highest BCUT2D eigenvalue weighted by atomic mass is 16.4. The molecule has 2 N–H and O–H groups in total. The maximum absolute atomic E-state index is 11.0. The molecular weight excluding hydrogens is 228 g/mol. The number of fused-ring (bicyclic) bond motifs is 1. The number of benzene rings is 1. The van der Waals surface area contributed by atoms with Gasteiger partial charge in [-0.15, -0.1) is 0 Å². The summed E-state index contributed by atoms with van der Waals surface area (Å²) in [6.45, 7) is 3.77. The van der Waals surface area contributed by atoms with Gasteiger partial charge in [-0.1, -0.05) is 18.2 Å². The van der Waals surface area contributed by atoms with Gasteiger partial charge in [-0.2, -0.15) is 0 Å². The number of pyridine rings is 1. The monoisotopic (exact) mass is 244 g/mol. The van der Waals surface area contributed by atoms with Gasteiger partial charge in [0.05, 0.1) is 5.52 Å². The first-order valence-corrected chi connectivity index (χ1v) is 5.81. The van der Waals surface area contributed by atoms with E-state index in [1.54, 1.807) is 20.0 Å². The minimum atomic E-state index is -0.939. The van der Waals surface area contributed by atoms with Gasteiger partial charge in [-0.05, 0) is 31.5 Å². The number of rotatable bonds is 4. The van der Waals surface area contributed by atoms with Crippen LogP contribution in [-0.2, 0) is 11.3 Å². The lowest BCUT2D eigenvalue weighted by Crippen LogP contribution is -2.46. The zero-order valence-corrected chi connectivity index (χ0v) is 10.5. The van der Waals surface area contributed by atoms with Crippen LogP contribution in [0.25, 0.3) is 10.9 Å². The molecule has 1 heterocycles. The Bertz CT molecular complexity index is 579. The Kier molecular flexibility index (Phi) is 3.30. The fourth-order valence-corrected chi connectivity index (χ4v) is 1.61. The second-order valence-electron chi connectivity index (χ2n) is 4.82. The number of para-hydroxylation sites is 1. The third kappa shape index (κ3) is 2.65. The fraction of sp³-hybridized carbons (Fsp3) is 0.286. The summed E-state index contributed by atoms with van der Waals surface area (Å²) in [4.78, 5) is 15.3. The van der Waals surface area contributed by atoms with Crippen molar-refractivity contribution in [3.63, 3.8) is 0 Å². The van der Waals surface area contributed by atoms with Crippen LogP contribution in [0.15, 0.2) is 36.5 Å².